The van der Waals surface area contributed by atoms with Gasteiger partial charge in [-0.25, -0.2) is 13.6 Å². The Hall–Kier alpha value is -1.11. The van der Waals surface area contributed by atoms with Crippen LogP contribution in [0, 0.1) is 6.92 Å². The fourth-order valence-corrected chi connectivity index (χ4v) is 3.38. The number of benzene rings is 1. The quantitative estimate of drug-likeness (QED) is 0.929. The zero-order valence-electron chi connectivity index (χ0n) is 13.1. The first-order valence-electron chi connectivity index (χ1n) is 6.91. The molecule has 1 aliphatic rings. The molecule has 0 spiro atoms. The topological polar surface area (TPSA) is 78.6 Å². The summed E-state index contributed by atoms with van der Waals surface area (Å²) < 4.78 is 34.8. The first kappa shape index (κ1) is 16.3. The fourth-order valence-electron chi connectivity index (χ4n) is 2.78. The van der Waals surface area contributed by atoms with Gasteiger partial charge in [0.05, 0.1) is 10.5 Å². The number of nitrogens with two attached hydrogens (primary N) is 1. The molecule has 1 atom stereocenters. The molecular weight excluding hydrogens is 290 g/mol. The Morgan fingerprint density at radius 1 is 1.29 bits per heavy atom. The van der Waals surface area contributed by atoms with Crippen LogP contribution < -0.4 is 9.88 Å². The van der Waals surface area contributed by atoms with Crippen molar-refractivity contribution in [2.45, 2.75) is 63.2 Å². The summed E-state index contributed by atoms with van der Waals surface area (Å²) in [6.07, 6.45) is 0.683. The first-order valence-corrected chi connectivity index (χ1v) is 8.46. The van der Waals surface area contributed by atoms with Crippen molar-refractivity contribution in [1.82, 2.24) is 0 Å². The van der Waals surface area contributed by atoms with Crippen molar-refractivity contribution in [3.05, 3.63) is 23.8 Å². The molecule has 1 aromatic carbocycles. The number of sulfonamides is 1. The third-order valence-electron chi connectivity index (χ3n) is 3.74. The van der Waals surface area contributed by atoms with Crippen molar-refractivity contribution in [2.75, 3.05) is 0 Å². The van der Waals surface area contributed by atoms with Crippen LogP contribution in [-0.2, 0) is 14.8 Å². The number of ether oxygens (including phenoxy) is 2. The van der Waals surface area contributed by atoms with E-state index in [0.717, 1.165) is 12.0 Å². The largest absolute Gasteiger partial charge is 0.487 e. The maximum atomic E-state index is 11.3. The van der Waals surface area contributed by atoms with E-state index in [1.54, 1.807) is 13.0 Å². The van der Waals surface area contributed by atoms with E-state index >= 15 is 0 Å². The third kappa shape index (κ3) is 3.56. The number of primary sulfonamides is 1. The Kier molecular flexibility index (Phi) is 3.85. The second-order valence-electron chi connectivity index (χ2n) is 6.75. The third-order valence-corrected chi connectivity index (χ3v) is 4.65. The summed E-state index contributed by atoms with van der Waals surface area (Å²) in [6, 6.07) is 4.64. The van der Waals surface area contributed by atoms with Crippen LogP contribution in [0.2, 0.25) is 0 Å². The number of aryl methyl sites for hydroxylation is 1. The molecule has 0 saturated carbocycles. The van der Waals surface area contributed by atoms with Gasteiger partial charge in [0.15, 0.2) is 0 Å². The van der Waals surface area contributed by atoms with E-state index in [0.29, 0.717) is 5.75 Å². The minimum Gasteiger partial charge on any atom is -0.487 e. The average Bonchev–Trinajstić information content (AvgIpc) is 2.48. The molecule has 1 fully saturated rings. The Bertz CT molecular complexity index is 650. The maximum Gasteiger partial charge on any atom is 0.238 e. The van der Waals surface area contributed by atoms with Crippen LogP contribution in [0.25, 0.3) is 0 Å². The molecule has 5 nitrogen and oxygen atoms in total. The van der Waals surface area contributed by atoms with Crippen molar-refractivity contribution in [3.8, 4) is 5.75 Å². The van der Waals surface area contributed by atoms with Crippen LogP contribution in [-0.4, -0.2) is 25.7 Å². The molecule has 1 unspecified atom stereocenters. The van der Waals surface area contributed by atoms with Gasteiger partial charge < -0.3 is 9.47 Å². The molecule has 1 saturated heterocycles. The zero-order chi connectivity index (χ0) is 16.1. The number of hydrogen-bond acceptors (Lipinski definition) is 4. The molecule has 0 bridgehead atoms. The highest BCUT2D eigenvalue weighted by Gasteiger charge is 2.47. The van der Waals surface area contributed by atoms with E-state index in [1.165, 1.54) is 12.1 Å². The highest BCUT2D eigenvalue weighted by Crippen LogP contribution is 2.40. The Balaban J connectivity index is 2.25. The van der Waals surface area contributed by atoms with E-state index in [1.807, 2.05) is 27.7 Å². The van der Waals surface area contributed by atoms with Gasteiger partial charge in [-0.1, -0.05) is 0 Å². The summed E-state index contributed by atoms with van der Waals surface area (Å²) in [4.78, 5) is 0.0922. The number of hydrogen-bond donors (Lipinski definition) is 1. The van der Waals surface area contributed by atoms with Gasteiger partial charge in [-0.05, 0) is 58.4 Å². The average molecular weight is 313 g/mol. The highest BCUT2D eigenvalue weighted by atomic mass is 32.2. The molecule has 1 heterocycles. The van der Waals surface area contributed by atoms with Gasteiger partial charge in [0.25, 0.3) is 0 Å². The molecule has 0 radical (unpaired) electrons. The second-order valence-corrected chi connectivity index (χ2v) is 8.31. The summed E-state index contributed by atoms with van der Waals surface area (Å²) in [7, 11) is -3.69. The van der Waals surface area contributed by atoms with Gasteiger partial charge in [-0.15, -0.1) is 0 Å². The minimum atomic E-state index is -3.69. The lowest BCUT2D eigenvalue weighted by atomic mass is 9.97. The molecule has 118 valence electrons. The number of rotatable bonds is 3. The highest BCUT2D eigenvalue weighted by molar-refractivity contribution is 7.89. The van der Waals surface area contributed by atoms with E-state index in [9.17, 15) is 8.42 Å². The maximum absolute atomic E-state index is 11.3. The lowest BCUT2D eigenvalue weighted by Gasteiger charge is -2.28. The van der Waals surface area contributed by atoms with Gasteiger partial charge in [0.1, 0.15) is 17.5 Å². The van der Waals surface area contributed by atoms with Crippen molar-refractivity contribution in [1.29, 1.82) is 0 Å². The van der Waals surface area contributed by atoms with Gasteiger partial charge >= 0.3 is 0 Å². The predicted octanol–water partition coefficient (Wildman–Crippen LogP) is 2.37. The molecule has 21 heavy (non-hydrogen) atoms. The zero-order valence-corrected chi connectivity index (χ0v) is 14.0. The molecule has 2 rings (SSSR count). The standard InChI is InChI=1S/C15H23NO4S/c1-10-8-11(21(16,17)18)6-7-12(10)19-13-9-14(2,3)20-15(13,4)5/h6-8,13H,9H2,1-5H3,(H2,16,17,18). The van der Waals surface area contributed by atoms with Crippen LogP contribution in [0.1, 0.15) is 39.7 Å². The monoisotopic (exact) mass is 313 g/mol. The lowest BCUT2D eigenvalue weighted by Crippen LogP contribution is -2.36. The predicted molar refractivity (Wildman–Crippen MR) is 80.8 cm³/mol. The minimum absolute atomic E-state index is 0.0912. The molecule has 6 heteroatoms. The van der Waals surface area contributed by atoms with Crippen LogP contribution in [0.15, 0.2) is 23.1 Å². The van der Waals surface area contributed by atoms with Crippen molar-refractivity contribution in [3.63, 3.8) is 0 Å². The summed E-state index contributed by atoms with van der Waals surface area (Å²) in [6.45, 7) is 9.88. The normalized spacial score (nSPS) is 24.0. The summed E-state index contributed by atoms with van der Waals surface area (Å²) in [5.41, 5.74) is 0.110. The van der Waals surface area contributed by atoms with E-state index < -0.39 is 15.6 Å². The molecule has 1 aromatic rings. The molecule has 0 aliphatic carbocycles. The summed E-state index contributed by atoms with van der Waals surface area (Å²) in [5, 5.41) is 5.13. The Labute approximate surface area is 126 Å². The van der Waals surface area contributed by atoms with Crippen molar-refractivity contribution >= 4 is 10.0 Å². The van der Waals surface area contributed by atoms with E-state index in [-0.39, 0.29) is 16.6 Å². The first-order chi connectivity index (χ1) is 9.41. The summed E-state index contributed by atoms with van der Waals surface area (Å²) in [5.74, 6) is 0.654. The molecule has 0 aromatic heterocycles. The SMILES string of the molecule is Cc1cc(S(N)(=O)=O)ccc1OC1CC(C)(C)OC1(C)C. The molecular formula is C15H23NO4S. The van der Waals surface area contributed by atoms with Gasteiger partial charge in [-0.2, -0.15) is 0 Å². The second kappa shape index (κ2) is 4.97. The van der Waals surface area contributed by atoms with Gasteiger partial charge in [0.2, 0.25) is 10.0 Å². The summed E-state index contributed by atoms with van der Waals surface area (Å²) >= 11 is 0. The van der Waals surface area contributed by atoms with Crippen molar-refractivity contribution in [2.24, 2.45) is 5.14 Å². The molecule has 0 amide bonds. The fraction of sp³-hybridized carbons (Fsp3) is 0.600. The van der Waals surface area contributed by atoms with Crippen LogP contribution in [0.4, 0.5) is 0 Å². The van der Waals surface area contributed by atoms with E-state index in [2.05, 4.69) is 0 Å². The lowest BCUT2D eigenvalue weighted by molar-refractivity contribution is -0.0846. The van der Waals surface area contributed by atoms with Gasteiger partial charge in [-0.3, -0.25) is 0 Å². The molecule has 2 N–H and O–H groups in total. The van der Waals surface area contributed by atoms with Gasteiger partial charge in [0, 0.05) is 6.42 Å². The van der Waals surface area contributed by atoms with Crippen molar-refractivity contribution < 1.29 is 17.9 Å². The smallest absolute Gasteiger partial charge is 0.238 e. The molecule has 1 aliphatic heterocycles. The van der Waals surface area contributed by atoms with Crippen LogP contribution in [0.5, 0.6) is 5.75 Å². The Morgan fingerprint density at radius 2 is 1.90 bits per heavy atom. The Morgan fingerprint density at radius 3 is 2.33 bits per heavy atom. The van der Waals surface area contributed by atoms with Crippen LogP contribution in [0.3, 0.4) is 0 Å². The van der Waals surface area contributed by atoms with Crippen LogP contribution >= 0.6 is 0 Å². The van der Waals surface area contributed by atoms with E-state index in [4.69, 9.17) is 14.6 Å².